The van der Waals surface area contributed by atoms with Crippen LogP contribution in [0.4, 0.5) is 5.82 Å². The van der Waals surface area contributed by atoms with E-state index < -0.39 is 10.0 Å². The summed E-state index contributed by atoms with van der Waals surface area (Å²) in [7, 11) is -1.85. The highest BCUT2D eigenvalue weighted by atomic mass is 32.2. The lowest BCUT2D eigenvalue weighted by Crippen LogP contribution is -2.26. The van der Waals surface area contributed by atoms with Crippen molar-refractivity contribution in [2.45, 2.75) is 6.92 Å². The molecule has 0 radical (unpaired) electrons. The predicted octanol–water partition coefficient (Wildman–Crippen LogP) is 0.223. The van der Waals surface area contributed by atoms with E-state index in [-0.39, 0.29) is 12.3 Å². The van der Waals surface area contributed by atoms with Crippen LogP contribution in [0.2, 0.25) is 0 Å². The number of nitriles is 1. The number of anilines is 1. The summed E-state index contributed by atoms with van der Waals surface area (Å²) in [6, 6.07) is 5.26. The van der Waals surface area contributed by atoms with Gasteiger partial charge in [-0.05, 0) is 26.1 Å². The van der Waals surface area contributed by atoms with Gasteiger partial charge in [0, 0.05) is 12.2 Å². The van der Waals surface area contributed by atoms with E-state index in [4.69, 9.17) is 5.26 Å². The van der Waals surface area contributed by atoms with E-state index in [1.165, 1.54) is 7.05 Å². The van der Waals surface area contributed by atoms with Gasteiger partial charge in [-0.15, -0.1) is 0 Å². The molecule has 6 nitrogen and oxygen atoms in total. The number of hydrogen-bond donors (Lipinski definition) is 2. The minimum atomic E-state index is -3.22. The molecule has 0 saturated heterocycles. The first kappa shape index (κ1) is 13.4. The fourth-order valence-electron chi connectivity index (χ4n) is 1.24. The molecule has 7 heteroatoms. The van der Waals surface area contributed by atoms with Gasteiger partial charge in [-0.2, -0.15) is 5.26 Å². The first-order valence-electron chi connectivity index (χ1n) is 5.01. The Morgan fingerprint density at radius 1 is 1.47 bits per heavy atom. The van der Waals surface area contributed by atoms with Gasteiger partial charge < -0.3 is 5.32 Å². The molecule has 0 atom stereocenters. The predicted molar refractivity (Wildman–Crippen MR) is 65.0 cm³/mol. The maximum atomic E-state index is 11.2. The molecule has 0 aromatic carbocycles. The van der Waals surface area contributed by atoms with Crippen molar-refractivity contribution in [2.24, 2.45) is 0 Å². The lowest BCUT2D eigenvalue weighted by molar-refractivity contribution is 0.588. The zero-order valence-corrected chi connectivity index (χ0v) is 10.5. The number of aryl methyl sites for hydroxylation is 1. The second-order valence-electron chi connectivity index (χ2n) is 3.44. The topological polar surface area (TPSA) is 94.9 Å². The summed E-state index contributed by atoms with van der Waals surface area (Å²) in [5.41, 5.74) is 1.21. The Hall–Kier alpha value is -1.65. The molecule has 92 valence electrons. The lowest BCUT2D eigenvalue weighted by Gasteiger charge is -2.07. The van der Waals surface area contributed by atoms with Gasteiger partial charge in [0.2, 0.25) is 10.0 Å². The van der Waals surface area contributed by atoms with Gasteiger partial charge in [-0.25, -0.2) is 18.1 Å². The van der Waals surface area contributed by atoms with Gasteiger partial charge in [0.1, 0.15) is 5.82 Å². The molecule has 0 bridgehead atoms. The summed E-state index contributed by atoms with van der Waals surface area (Å²) < 4.78 is 24.5. The van der Waals surface area contributed by atoms with E-state index in [0.29, 0.717) is 17.1 Å². The van der Waals surface area contributed by atoms with Crippen molar-refractivity contribution in [3.05, 3.63) is 23.4 Å². The van der Waals surface area contributed by atoms with E-state index in [9.17, 15) is 8.42 Å². The molecule has 1 aromatic heterocycles. The fraction of sp³-hybridized carbons (Fsp3) is 0.400. The maximum absolute atomic E-state index is 11.2. The van der Waals surface area contributed by atoms with Crippen LogP contribution < -0.4 is 10.0 Å². The van der Waals surface area contributed by atoms with E-state index in [2.05, 4.69) is 15.0 Å². The van der Waals surface area contributed by atoms with Crippen LogP contribution in [0, 0.1) is 18.3 Å². The number of rotatable bonds is 5. The average molecular weight is 254 g/mol. The molecule has 0 aliphatic heterocycles. The number of nitrogens with zero attached hydrogens (tertiary/aromatic N) is 2. The minimum Gasteiger partial charge on any atom is -0.369 e. The van der Waals surface area contributed by atoms with Crippen LogP contribution in [0.1, 0.15) is 11.3 Å². The molecule has 2 N–H and O–H groups in total. The highest BCUT2D eigenvalue weighted by Crippen LogP contribution is 2.08. The Kier molecular flexibility index (Phi) is 4.43. The maximum Gasteiger partial charge on any atom is 0.213 e. The summed E-state index contributed by atoms with van der Waals surface area (Å²) in [5.74, 6) is 0.467. The van der Waals surface area contributed by atoms with Crippen LogP contribution in [-0.4, -0.2) is 32.7 Å². The summed E-state index contributed by atoms with van der Waals surface area (Å²) in [6.07, 6.45) is 0. The normalized spacial score (nSPS) is 10.9. The molecule has 1 rings (SSSR count). The highest BCUT2D eigenvalue weighted by molar-refractivity contribution is 7.89. The van der Waals surface area contributed by atoms with E-state index in [1.54, 1.807) is 19.1 Å². The van der Waals surface area contributed by atoms with E-state index in [0.717, 1.165) is 0 Å². The molecule has 1 aromatic rings. The van der Waals surface area contributed by atoms with Crippen LogP contribution >= 0.6 is 0 Å². The number of nitrogens with one attached hydrogen (secondary N) is 2. The second kappa shape index (κ2) is 5.61. The monoisotopic (exact) mass is 254 g/mol. The molecule has 0 aliphatic carbocycles. The molecular formula is C10H14N4O2S. The number of aromatic nitrogens is 1. The van der Waals surface area contributed by atoms with Crippen LogP contribution in [0.5, 0.6) is 0 Å². The summed E-state index contributed by atoms with van der Waals surface area (Å²) in [6.45, 7) is 2.01. The van der Waals surface area contributed by atoms with Gasteiger partial charge in [-0.1, -0.05) is 0 Å². The van der Waals surface area contributed by atoms with E-state index in [1.807, 2.05) is 6.07 Å². The SMILES string of the molecule is CNS(=O)(=O)CCNc1cc(C#N)cc(C)n1. The van der Waals surface area contributed by atoms with Crippen LogP contribution in [0.25, 0.3) is 0 Å². The van der Waals surface area contributed by atoms with Crippen molar-refractivity contribution in [3.8, 4) is 6.07 Å². The largest absolute Gasteiger partial charge is 0.369 e. The third-order valence-electron chi connectivity index (χ3n) is 2.07. The molecule has 0 fully saturated rings. The number of pyridine rings is 1. The van der Waals surface area contributed by atoms with Crippen molar-refractivity contribution in [1.82, 2.24) is 9.71 Å². The molecule has 1 heterocycles. The molecule has 0 spiro atoms. The molecule has 0 aliphatic rings. The second-order valence-corrected chi connectivity index (χ2v) is 5.49. The standard InChI is InChI=1S/C10H14N4O2S/c1-8-5-9(7-11)6-10(14-8)13-3-4-17(15,16)12-2/h5-6,12H,3-4H2,1-2H3,(H,13,14). The first-order chi connectivity index (χ1) is 7.96. The lowest BCUT2D eigenvalue weighted by atomic mass is 10.2. The Morgan fingerprint density at radius 2 is 2.18 bits per heavy atom. The smallest absolute Gasteiger partial charge is 0.213 e. The first-order valence-corrected chi connectivity index (χ1v) is 6.66. The third kappa shape index (κ3) is 4.38. The zero-order valence-electron chi connectivity index (χ0n) is 9.69. The van der Waals surface area contributed by atoms with Crippen LogP contribution in [0.15, 0.2) is 12.1 Å². The molecular weight excluding hydrogens is 240 g/mol. The van der Waals surface area contributed by atoms with Crippen LogP contribution in [0.3, 0.4) is 0 Å². The van der Waals surface area contributed by atoms with Crippen LogP contribution in [-0.2, 0) is 10.0 Å². The molecule has 0 unspecified atom stereocenters. The Labute approximate surface area is 101 Å². The van der Waals surface area contributed by atoms with Gasteiger partial charge >= 0.3 is 0 Å². The van der Waals surface area contributed by atoms with Gasteiger partial charge in [-0.3, -0.25) is 0 Å². The molecule has 17 heavy (non-hydrogen) atoms. The van der Waals surface area contributed by atoms with Gasteiger partial charge in [0.05, 0.1) is 17.4 Å². The Morgan fingerprint density at radius 3 is 2.76 bits per heavy atom. The van der Waals surface area contributed by atoms with E-state index >= 15 is 0 Å². The highest BCUT2D eigenvalue weighted by Gasteiger charge is 2.06. The van der Waals surface area contributed by atoms with Crippen molar-refractivity contribution < 1.29 is 8.42 Å². The Bertz CT molecular complexity index is 534. The van der Waals surface area contributed by atoms with Crippen molar-refractivity contribution in [1.29, 1.82) is 5.26 Å². The zero-order chi connectivity index (χ0) is 12.9. The number of sulfonamides is 1. The summed E-state index contributed by atoms with van der Waals surface area (Å²) in [5, 5.41) is 11.6. The minimum absolute atomic E-state index is 0.0407. The Balaban J connectivity index is 2.65. The quantitative estimate of drug-likeness (QED) is 0.784. The number of hydrogen-bond acceptors (Lipinski definition) is 5. The summed E-state index contributed by atoms with van der Waals surface area (Å²) >= 11 is 0. The van der Waals surface area contributed by atoms with Gasteiger partial charge in [0.25, 0.3) is 0 Å². The molecule has 0 amide bonds. The van der Waals surface area contributed by atoms with Crippen molar-refractivity contribution in [3.63, 3.8) is 0 Å². The van der Waals surface area contributed by atoms with Crippen molar-refractivity contribution in [2.75, 3.05) is 24.7 Å². The summed E-state index contributed by atoms with van der Waals surface area (Å²) in [4.78, 5) is 4.15. The van der Waals surface area contributed by atoms with Crippen molar-refractivity contribution >= 4 is 15.8 Å². The fourth-order valence-corrected chi connectivity index (χ4v) is 1.81. The average Bonchev–Trinajstić information content (AvgIpc) is 2.28. The molecule has 0 saturated carbocycles. The third-order valence-corrected chi connectivity index (χ3v) is 3.43. The van der Waals surface area contributed by atoms with Gasteiger partial charge in [0.15, 0.2) is 0 Å².